The van der Waals surface area contributed by atoms with E-state index in [-0.39, 0.29) is 23.8 Å². The second-order valence-corrected chi connectivity index (χ2v) is 9.77. The number of nitrogens with zero attached hydrogens (tertiary/aromatic N) is 3. The minimum atomic E-state index is -4.56. The molecule has 5 nitrogen and oxygen atoms in total. The molecule has 0 saturated heterocycles. The van der Waals surface area contributed by atoms with E-state index in [2.05, 4.69) is 22.5 Å². The lowest BCUT2D eigenvalue weighted by Gasteiger charge is -2.23. The largest absolute Gasteiger partial charge is 0.390 e. The van der Waals surface area contributed by atoms with Crippen LogP contribution >= 0.6 is 22.9 Å². The third-order valence-corrected chi connectivity index (χ3v) is 6.95. The van der Waals surface area contributed by atoms with Gasteiger partial charge >= 0.3 is 6.18 Å². The van der Waals surface area contributed by atoms with Gasteiger partial charge in [-0.05, 0) is 6.07 Å². The minimum absolute atomic E-state index is 0.0236. The molecule has 0 bridgehead atoms. The molecule has 162 valence electrons. The standard InChI is InChI=1S/C18H16ClF4N3O2S2/c1-3-6-26(12(2)4-7-30(27,28)8-5-18(21,22)23)17-15(19)25-16(29-17)13-9-14(20)11-24-10-13/h1,9-11H,2,4-8H2. The molecule has 0 fully saturated rings. The fourth-order valence-electron chi connectivity index (χ4n) is 2.31. The van der Waals surface area contributed by atoms with Crippen molar-refractivity contribution in [2.75, 3.05) is 23.0 Å². The predicted molar refractivity (Wildman–Crippen MR) is 110 cm³/mol. The van der Waals surface area contributed by atoms with Crippen molar-refractivity contribution in [3.8, 4) is 22.9 Å². The van der Waals surface area contributed by atoms with Gasteiger partial charge in [-0.15, -0.1) is 6.42 Å². The normalized spacial score (nSPS) is 11.9. The lowest BCUT2D eigenvalue weighted by Crippen LogP contribution is -2.24. The summed E-state index contributed by atoms with van der Waals surface area (Å²) in [6, 6.07) is 1.22. The molecular weight excluding hydrogens is 466 g/mol. The summed E-state index contributed by atoms with van der Waals surface area (Å²) in [6.45, 7) is 3.77. The second-order valence-electron chi connectivity index (χ2n) is 6.13. The van der Waals surface area contributed by atoms with Crippen LogP contribution in [0, 0.1) is 18.2 Å². The van der Waals surface area contributed by atoms with Crippen molar-refractivity contribution in [3.63, 3.8) is 0 Å². The first-order valence-electron chi connectivity index (χ1n) is 8.35. The molecule has 2 heterocycles. The zero-order valence-corrected chi connectivity index (χ0v) is 17.8. The van der Waals surface area contributed by atoms with Gasteiger partial charge in [0.15, 0.2) is 15.0 Å². The molecule has 0 aromatic carbocycles. The molecule has 0 amide bonds. The summed E-state index contributed by atoms with van der Waals surface area (Å²) in [5.74, 6) is 0.298. The molecule has 0 N–H and O–H groups in total. The lowest BCUT2D eigenvalue weighted by molar-refractivity contribution is -0.129. The van der Waals surface area contributed by atoms with Crippen molar-refractivity contribution < 1.29 is 26.0 Å². The van der Waals surface area contributed by atoms with Crippen LogP contribution < -0.4 is 4.90 Å². The number of pyridine rings is 1. The molecule has 0 unspecified atom stereocenters. The lowest BCUT2D eigenvalue weighted by atomic mass is 10.3. The maximum Gasteiger partial charge on any atom is 0.390 e. The Kier molecular flexibility index (Phi) is 7.85. The topological polar surface area (TPSA) is 63.2 Å². The first kappa shape index (κ1) is 24.1. The number of hydrogen-bond acceptors (Lipinski definition) is 6. The van der Waals surface area contributed by atoms with Gasteiger partial charge in [0, 0.05) is 23.9 Å². The highest BCUT2D eigenvalue weighted by atomic mass is 35.5. The zero-order valence-electron chi connectivity index (χ0n) is 15.4. The summed E-state index contributed by atoms with van der Waals surface area (Å²) in [4.78, 5) is 9.35. The molecule has 12 heteroatoms. The monoisotopic (exact) mass is 481 g/mol. The summed E-state index contributed by atoms with van der Waals surface area (Å²) < 4.78 is 74.1. The van der Waals surface area contributed by atoms with Crippen molar-refractivity contribution in [2.45, 2.75) is 19.0 Å². The van der Waals surface area contributed by atoms with Crippen LogP contribution in [0.15, 0.2) is 30.7 Å². The van der Waals surface area contributed by atoms with Crippen molar-refractivity contribution >= 4 is 37.8 Å². The van der Waals surface area contributed by atoms with E-state index in [4.69, 9.17) is 18.0 Å². The molecule has 2 aromatic rings. The Hall–Kier alpha value is -2.16. The Morgan fingerprint density at radius 3 is 2.63 bits per heavy atom. The Balaban J connectivity index is 2.17. The van der Waals surface area contributed by atoms with Gasteiger partial charge < -0.3 is 4.90 Å². The SMILES string of the molecule is C#CCN(C(=C)CCS(=O)(=O)CCC(F)(F)F)c1sc(-c2cncc(F)c2)nc1Cl. The van der Waals surface area contributed by atoms with Gasteiger partial charge in [-0.3, -0.25) is 4.98 Å². The molecule has 2 aromatic heterocycles. The Bertz CT molecular complexity index is 1060. The summed E-state index contributed by atoms with van der Waals surface area (Å²) in [7, 11) is -3.95. The number of hydrogen-bond donors (Lipinski definition) is 0. The maximum absolute atomic E-state index is 13.4. The van der Waals surface area contributed by atoms with E-state index in [0.717, 1.165) is 17.5 Å². The van der Waals surface area contributed by atoms with Crippen LogP contribution in [0.1, 0.15) is 12.8 Å². The van der Waals surface area contributed by atoms with Gasteiger partial charge in [0.2, 0.25) is 0 Å². The predicted octanol–water partition coefficient (Wildman–Crippen LogP) is 4.71. The van der Waals surface area contributed by atoms with Crippen LogP contribution in [-0.4, -0.2) is 42.6 Å². The quantitative estimate of drug-likeness (QED) is 0.383. The zero-order chi connectivity index (χ0) is 22.5. The Morgan fingerprint density at radius 1 is 1.33 bits per heavy atom. The number of terminal acetylenes is 1. The van der Waals surface area contributed by atoms with E-state index in [1.54, 1.807) is 0 Å². The molecule has 0 radical (unpaired) electrons. The minimum Gasteiger partial charge on any atom is -0.323 e. The van der Waals surface area contributed by atoms with E-state index in [9.17, 15) is 26.0 Å². The highest BCUT2D eigenvalue weighted by molar-refractivity contribution is 7.91. The fourth-order valence-corrected chi connectivity index (χ4v) is 4.94. The number of allylic oxidation sites excluding steroid dienone is 1. The number of aromatic nitrogens is 2. The van der Waals surface area contributed by atoms with Gasteiger partial charge in [-0.1, -0.05) is 35.4 Å². The first-order valence-corrected chi connectivity index (χ1v) is 11.4. The van der Waals surface area contributed by atoms with E-state index in [1.165, 1.54) is 17.2 Å². The smallest absolute Gasteiger partial charge is 0.323 e. The van der Waals surface area contributed by atoms with Crippen LogP contribution in [0.4, 0.5) is 22.6 Å². The van der Waals surface area contributed by atoms with Crippen molar-refractivity contribution in [2.24, 2.45) is 0 Å². The van der Waals surface area contributed by atoms with Crippen molar-refractivity contribution in [1.82, 2.24) is 9.97 Å². The summed E-state index contributed by atoms with van der Waals surface area (Å²) in [6.07, 6.45) is 1.69. The Morgan fingerprint density at radius 2 is 2.03 bits per heavy atom. The highest BCUT2D eigenvalue weighted by Crippen LogP contribution is 2.39. The molecule has 0 atom stereocenters. The molecule has 0 aliphatic rings. The maximum atomic E-state index is 13.4. The Labute approximate surface area is 180 Å². The number of anilines is 1. The third-order valence-electron chi connectivity index (χ3n) is 3.80. The number of halogens is 5. The molecule has 0 spiro atoms. The molecule has 2 rings (SSSR count). The van der Waals surface area contributed by atoms with Gasteiger partial charge in [0.05, 0.1) is 30.7 Å². The number of sulfone groups is 1. The van der Waals surface area contributed by atoms with Crippen LogP contribution in [0.3, 0.4) is 0 Å². The van der Waals surface area contributed by atoms with Crippen molar-refractivity contribution in [1.29, 1.82) is 0 Å². The van der Waals surface area contributed by atoms with E-state index in [0.29, 0.717) is 15.6 Å². The molecule has 30 heavy (non-hydrogen) atoms. The van der Waals surface area contributed by atoms with E-state index >= 15 is 0 Å². The number of rotatable bonds is 9. The molecular formula is C18H16ClF4N3O2S2. The van der Waals surface area contributed by atoms with Crippen molar-refractivity contribution in [3.05, 3.63) is 41.7 Å². The highest BCUT2D eigenvalue weighted by Gasteiger charge is 2.30. The average Bonchev–Trinajstić information content (AvgIpc) is 3.04. The van der Waals surface area contributed by atoms with Crippen LogP contribution in [0.25, 0.3) is 10.6 Å². The molecule has 0 aliphatic heterocycles. The van der Waals surface area contributed by atoms with Crippen LogP contribution in [0.5, 0.6) is 0 Å². The second kappa shape index (κ2) is 9.76. The summed E-state index contributed by atoms with van der Waals surface area (Å²) in [5, 5.41) is 0.747. The number of thiazole rings is 1. The van der Waals surface area contributed by atoms with Crippen LogP contribution in [0.2, 0.25) is 5.15 Å². The number of alkyl halides is 3. The molecule has 0 aliphatic carbocycles. The third kappa shape index (κ3) is 6.97. The summed E-state index contributed by atoms with van der Waals surface area (Å²) in [5.41, 5.74) is 0.632. The average molecular weight is 482 g/mol. The summed E-state index contributed by atoms with van der Waals surface area (Å²) >= 11 is 7.26. The fraction of sp³-hybridized carbons (Fsp3) is 0.333. The van der Waals surface area contributed by atoms with Gasteiger partial charge in [-0.2, -0.15) is 13.2 Å². The van der Waals surface area contributed by atoms with Gasteiger partial charge in [-0.25, -0.2) is 17.8 Å². The molecule has 0 saturated carbocycles. The van der Waals surface area contributed by atoms with Gasteiger partial charge in [0.25, 0.3) is 0 Å². The van der Waals surface area contributed by atoms with Gasteiger partial charge in [0.1, 0.15) is 15.8 Å². The first-order chi connectivity index (χ1) is 13.9. The van der Waals surface area contributed by atoms with E-state index < -0.39 is 39.8 Å². The van der Waals surface area contributed by atoms with Crippen LogP contribution in [-0.2, 0) is 9.84 Å². The van der Waals surface area contributed by atoms with E-state index in [1.807, 2.05) is 0 Å².